The molecule has 27 heavy (non-hydrogen) atoms. The maximum absolute atomic E-state index is 12.8. The molecular weight excluding hydrogens is 348 g/mol. The summed E-state index contributed by atoms with van der Waals surface area (Å²) in [6, 6.07) is 8.92. The number of aryl methyl sites for hydroxylation is 1. The third-order valence-corrected chi connectivity index (χ3v) is 4.74. The molecule has 0 saturated carbocycles. The van der Waals surface area contributed by atoms with Gasteiger partial charge in [-0.1, -0.05) is 42.4 Å². The van der Waals surface area contributed by atoms with Crippen LogP contribution in [0.4, 0.5) is 4.79 Å². The number of nitrogens with one attached hydrogen (secondary N) is 1. The van der Waals surface area contributed by atoms with Crippen molar-refractivity contribution in [2.45, 2.75) is 32.7 Å². The van der Waals surface area contributed by atoms with Gasteiger partial charge in [0.2, 0.25) is 5.89 Å². The molecule has 1 aromatic heterocycles. The molecule has 1 aromatic carbocycles. The van der Waals surface area contributed by atoms with Gasteiger partial charge in [0.05, 0.1) is 18.4 Å². The zero-order chi connectivity index (χ0) is 19.4. The predicted octanol–water partition coefficient (Wildman–Crippen LogP) is 2.41. The number of benzene rings is 1. The van der Waals surface area contributed by atoms with Gasteiger partial charge in [-0.25, -0.2) is 4.79 Å². The molecule has 1 saturated heterocycles. The third kappa shape index (κ3) is 4.84. The van der Waals surface area contributed by atoms with Crippen molar-refractivity contribution in [1.82, 2.24) is 20.4 Å². The van der Waals surface area contributed by atoms with Crippen molar-refractivity contribution in [1.29, 1.82) is 0 Å². The van der Waals surface area contributed by atoms with Crippen molar-refractivity contribution >= 4 is 12.0 Å². The van der Waals surface area contributed by atoms with Gasteiger partial charge in [0.25, 0.3) is 0 Å². The van der Waals surface area contributed by atoms with E-state index in [0.717, 1.165) is 5.56 Å². The second-order valence-corrected chi connectivity index (χ2v) is 7.13. The Morgan fingerprint density at radius 1 is 1.33 bits per heavy atom. The van der Waals surface area contributed by atoms with Crippen LogP contribution in [-0.2, 0) is 11.2 Å². The van der Waals surface area contributed by atoms with Crippen LogP contribution in [0.15, 0.2) is 34.9 Å². The van der Waals surface area contributed by atoms with Crippen LogP contribution >= 0.6 is 0 Å². The van der Waals surface area contributed by atoms with Crippen molar-refractivity contribution in [2.75, 3.05) is 13.1 Å². The van der Waals surface area contributed by atoms with E-state index in [0.29, 0.717) is 31.1 Å². The van der Waals surface area contributed by atoms with Crippen LogP contribution in [0.25, 0.3) is 0 Å². The van der Waals surface area contributed by atoms with E-state index in [1.165, 1.54) is 0 Å². The predicted molar refractivity (Wildman–Crippen MR) is 96.9 cm³/mol. The maximum atomic E-state index is 12.8. The number of likely N-dealkylation sites (tertiary alicyclic amines) is 1. The molecule has 3 rings (SSSR count). The first kappa shape index (κ1) is 18.9. The van der Waals surface area contributed by atoms with Gasteiger partial charge in [-0.3, -0.25) is 4.79 Å². The monoisotopic (exact) mass is 372 g/mol. The van der Waals surface area contributed by atoms with E-state index >= 15 is 0 Å². The first-order valence-electron chi connectivity index (χ1n) is 9.04. The Hall–Kier alpha value is -2.90. The minimum atomic E-state index is -0.861. The zero-order valence-electron chi connectivity index (χ0n) is 15.5. The number of aliphatic carboxylic acids is 1. The molecule has 8 heteroatoms. The number of carbonyl (C=O) groups excluding carboxylic acids is 1. The number of piperidine rings is 1. The Bertz CT molecular complexity index is 792. The maximum Gasteiger partial charge on any atom is 0.317 e. The minimum absolute atomic E-state index is 0.138. The number of amides is 2. The summed E-state index contributed by atoms with van der Waals surface area (Å²) in [7, 11) is 0. The Labute approximate surface area is 157 Å². The molecule has 2 aromatic rings. The number of aromatic nitrogens is 2. The summed E-state index contributed by atoms with van der Waals surface area (Å²) in [4.78, 5) is 30.0. The summed E-state index contributed by atoms with van der Waals surface area (Å²) in [5.41, 5.74) is 0.918. The van der Waals surface area contributed by atoms with Crippen LogP contribution in [0.1, 0.15) is 36.7 Å². The fourth-order valence-corrected chi connectivity index (χ4v) is 3.47. The highest BCUT2D eigenvalue weighted by Crippen LogP contribution is 2.23. The summed E-state index contributed by atoms with van der Waals surface area (Å²) in [6.45, 7) is 4.46. The largest absolute Gasteiger partial charge is 0.481 e. The highest BCUT2D eigenvalue weighted by atomic mass is 16.5. The number of nitrogens with zero attached hydrogens (tertiary/aromatic N) is 3. The number of carbonyl (C=O) groups is 2. The zero-order valence-corrected chi connectivity index (χ0v) is 15.5. The summed E-state index contributed by atoms with van der Waals surface area (Å²) < 4.78 is 5.21. The van der Waals surface area contributed by atoms with E-state index in [1.54, 1.807) is 11.8 Å². The van der Waals surface area contributed by atoms with E-state index < -0.39 is 11.9 Å². The quantitative estimate of drug-likeness (QED) is 0.834. The van der Waals surface area contributed by atoms with Gasteiger partial charge in [0, 0.05) is 13.1 Å². The number of urea groups is 1. The standard InChI is InChI=1S/C19H24N4O4/c1-12-8-15(18(24)25)11-23(10-12)19(26)21-16(14-6-4-3-5-7-14)9-17-20-13(2)22-27-17/h3-7,12,15-16H,8-11H2,1-2H3,(H,21,26)(H,24,25). The molecule has 3 unspecified atom stereocenters. The molecule has 1 aliphatic rings. The molecular formula is C19H24N4O4. The third-order valence-electron chi connectivity index (χ3n) is 4.74. The summed E-state index contributed by atoms with van der Waals surface area (Å²) >= 11 is 0. The highest BCUT2D eigenvalue weighted by molar-refractivity contribution is 5.77. The average Bonchev–Trinajstić information content (AvgIpc) is 3.06. The second kappa shape index (κ2) is 8.20. The van der Waals surface area contributed by atoms with Gasteiger partial charge in [-0.15, -0.1) is 0 Å². The number of carboxylic acids is 1. The van der Waals surface area contributed by atoms with Gasteiger partial charge < -0.3 is 19.8 Å². The molecule has 144 valence electrons. The lowest BCUT2D eigenvalue weighted by molar-refractivity contribution is -0.143. The molecule has 0 bridgehead atoms. The lowest BCUT2D eigenvalue weighted by Crippen LogP contribution is -2.50. The van der Waals surface area contributed by atoms with Gasteiger partial charge in [0.15, 0.2) is 5.82 Å². The normalized spacial score (nSPS) is 20.9. The molecule has 0 spiro atoms. The van der Waals surface area contributed by atoms with E-state index in [1.807, 2.05) is 37.3 Å². The summed E-state index contributed by atoms with van der Waals surface area (Å²) in [6.07, 6.45) is 0.949. The lowest BCUT2D eigenvalue weighted by Gasteiger charge is -2.35. The smallest absolute Gasteiger partial charge is 0.317 e. The Kier molecular flexibility index (Phi) is 5.73. The summed E-state index contributed by atoms with van der Waals surface area (Å²) in [5.74, 6) is -0.276. The SMILES string of the molecule is Cc1noc(CC(NC(=O)N2CC(C)CC(C(=O)O)C2)c2ccccc2)n1. The molecule has 1 fully saturated rings. The fraction of sp³-hybridized carbons (Fsp3) is 0.474. The van der Waals surface area contributed by atoms with Crippen molar-refractivity contribution in [3.8, 4) is 0 Å². The number of carboxylic acid groups (broad SMARTS) is 1. The Balaban J connectivity index is 1.74. The fourth-order valence-electron chi connectivity index (χ4n) is 3.47. The molecule has 1 aliphatic heterocycles. The van der Waals surface area contributed by atoms with E-state index in [-0.39, 0.29) is 24.5 Å². The molecule has 8 nitrogen and oxygen atoms in total. The van der Waals surface area contributed by atoms with Crippen molar-refractivity contribution in [2.24, 2.45) is 11.8 Å². The van der Waals surface area contributed by atoms with Crippen molar-refractivity contribution in [3.63, 3.8) is 0 Å². The average molecular weight is 372 g/mol. The van der Waals surface area contributed by atoms with Crippen molar-refractivity contribution in [3.05, 3.63) is 47.6 Å². The number of hydrogen-bond acceptors (Lipinski definition) is 5. The van der Waals surface area contributed by atoms with Crippen LogP contribution in [0.3, 0.4) is 0 Å². The lowest BCUT2D eigenvalue weighted by atomic mass is 9.91. The molecule has 0 radical (unpaired) electrons. The second-order valence-electron chi connectivity index (χ2n) is 7.13. The van der Waals surface area contributed by atoms with Gasteiger partial charge in [-0.05, 0) is 24.8 Å². The highest BCUT2D eigenvalue weighted by Gasteiger charge is 2.33. The van der Waals surface area contributed by atoms with Gasteiger partial charge >= 0.3 is 12.0 Å². The molecule has 2 N–H and O–H groups in total. The topological polar surface area (TPSA) is 109 Å². The minimum Gasteiger partial charge on any atom is -0.481 e. The van der Waals surface area contributed by atoms with Crippen LogP contribution in [-0.4, -0.2) is 45.2 Å². The van der Waals surface area contributed by atoms with E-state index in [2.05, 4.69) is 15.5 Å². The molecule has 0 aliphatic carbocycles. The van der Waals surface area contributed by atoms with Crippen molar-refractivity contribution < 1.29 is 19.2 Å². The van der Waals surface area contributed by atoms with Crippen LogP contribution < -0.4 is 5.32 Å². The van der Waals surface area contributed by atoms with Crippen LogP contribution in [0.2, 0.25) is 0 Å². The van der Waals surface area contributed by atoms with E-state index in [9.17, 15) is 14.7 Å². The van der Waals surface area contributed by atoms with Gasteiger partial charge in [-0.2, -0.15) is 4.98 Å². The summed E-state index contributed by atoms with van der Waals surface area (Å²) in [5, 5.41) is 16.1. The van der Waals surface area contributed by atoms with Gasteiger partial charge in [0.1, 0.15) is 0 Å². The number of rotatable bonds is 5. The van der Waals surface area contributed by atoms with Crippen LogP contribution in [0.5, 0.6) is 0 Å². The molecule has 3 atom stereocenters. The molecule has 2 amide bonds. The van der Waals surface area contributed by atoms with E-state index in [4.69, 9.17) is 4.52 Å². The first-order chi connectivity index (χ1) is 12.9. The first-order valence-corrected chi connectivity index (χ1v) is 9.04. The number of hydrogen-bond donors (Lipinski definition) is 2. The Morgan fingerprint density at radius 3 is 2.70 bits per heavy atom. The van der Waals surface area contributed by atoms with Crippen LogP contribution in [0, 0.1) is 18.8 Å². The molecule has 2 heterocycles. The Morgan fingerprint density at radius 2 is 2.07 bits per heavy atom.